The number of aromatic hydroxyl groups is 1. The molecule has 0 aromatic heterocycles. The predicted octanol–water partition coefficient (Wildman–Crippen LogP) is 3.47. The van der Waals surface area contributed by atoms with Gasteiger partial charge in [-0.2, -0.15) is 0 Å². The van der Waals surface area contributed by atoms with E-state index in [2.05, 4.69) is 0 Å². The third-order valence-electron chi connectivity index (χ3n) is 3.21. The van der Waals surface area contributed by atoms with Crippen molar-refractivity contribution in [1.29, 1.82) is 0 Å². The Hall–Kier alpha value is -2.49. The van der Waals surface area contributed by atoms with Gasteiger partial charge in [-0.3, -0.25) is 4.79 Å². The molecule has 0 aliphatic rings. The van der Waals surface area contributed by atoms with E-state index in [1.165, 1.54) is 0 Å². The molecule has 0 amide bonds. The lowest BCUT2D eigenvalue weighted by molar-refractivity contribution is -0.143. The van der Waals surface area contributed by atoms with Crippen molar-refractivity contribution in [2.75, 3.05) is 6.61 Å². The fourth-order valence-corrected chi connectivity index (χ4v) is 2.06. The Morgan fingerprint density at radius 1 is 1.14 bits per heavy atom. The summed E-state index contributed by atoms with van der Waals surface area (Å²) in [5, 5.41) is 10.00. The Morgan fingerprint density at radius 3 is 2.59 bits per heavy atom. The number of hydrogen-bond donors (Lipinski definition) is 1. The van der Waals surface area contributed by atoms with Crippen LogP contribution in [-0.4, -0.2) is 17.7 Å². The largest absolute Gasteiger partial charge is 0.508 e. The Bertz CT molecular complexity index is 608. The average Bonchev–Trinajstić information content (AvgIpc) is 2.53. The maximum Gasteiger partial charge on any atom is 0.306 e. The van der Waals surface area contributed by atoms with Gasteiger partial charge in [0, 0.05) is 12.5 Å². The van der Waals surface area contributed by atoms with E-state index in [0.29, 0.717) is 30.9 Å². The number of esters is 1. The molecule has 0 unspecified atom stereocenters. The van der Waals surface area contributed by atoms with Crippen LogP contribution in [0, 0.1) is 0 Å². The van der Waals surface area contributed by atoms with E-state index < -0.39 is 0 Å². The summed E-state index contributed by atoms with van der Waals surface area (Å²) in [5.41, 5.74) is 1.77. The summed E-state index contributed by atoms with van der Waals surface area (Å²) in [7, 11) is 0. The lowest BCUT2D eigenvalue weighted by Crippen LogP contribution is -2.05. The van der Waals surface area contributed by atoms with E-state index >= 15 is 0 Å². The van der Waals surface area contributed by atoms with Crippen LogP contribution in [-0.2, 0) is 22.6 Å². The van der Waals surface area contributed by atoms with Crippen molar-refractivity contribution < 1.29 is 19.4 Å². The van der Waals surface area contributed by atoms with Crippen molar-refractivity contribution in [3.63, 3.8) is 0 Å². The third kappa shape index (κ3) is 4.81. The van der Waals surface area contributed by atoms with E-state index in [4.69, 9.17) is 9.47 Å². The highest BCUT2D eigenvalue weighted by Gasteiger charge is 2.07. The molecule has 2 aromatic carbocycles. The van der Waals surface area contributed by atoms with Crippen LogP contribution in [0.4, 0.5) is 0 Å². The van der Waals surface area contributed by atoms with Crippen molar-refractivity contribution in [3.05, 3.63) is 59.7 Å². The second-order valence-corrected chi connectivity index (χ2v) is 4.87. The van der Waals surface area contributed by atoms with Crippen LogP contribution in [0.2, 0.25) is 0 Å². The molecule has 0 saturated heterocycles. The first-order chi connectivity index (χ1) is 10.7. The fourth-order valence-electron chi connectivity index (χ4n) is 2.06. The number of rotatable bonds is 7. The van der Waals surface area contributed by atoms with Gasteiger partial charge in [-0.05, 0) is 30.5 Å². The molecule has 116 valence electrons. The summed E-state index contributed by atoms with van der Waals surface area (Å²) in [6.45, 7) is 2.59. The maximum atomic E-state index is 11.3. The van der Waals surface area contributed by atoms with Crippen LogP contribution in [0.25, 0.3) is 0 Å². The van der Waals surface area contributed by atoms with Crippen LogP contribution in [0.3, 0.4) is 0 Å². The van der Waals surface area contributed by atoms with E-state index in [-0.39, 0.29) is 18.1 Å². The van der Waals surface area contributed by atoms with Gasteiger partial charge in [-0.15, -0.1) is 0 Å². The van der Waals surface area contributed by atoms with Gasteiger partial charge in [0.2, 0.25) is 0 Å². The molecule has 0 spiro atoms. The van der Waals surface area contributed by atoms with Crippen molar-refractivity contribution in [3.8, 4) is 11.5 Å². The number of phenolic OH excluding ortho intramolecular Hbond substituents is 1. The molecule has 0 atom stereocenters. The summed E-state index contributed by atoms with van der Waals surface area (Å²) >= 11 is 0. The number of hydrogen-bond acceptors (Lipinski definition) is 4. The number of carbonyl (C=O) groups is 1. The fraction of sp³-hybridized carbons (Fsp3) is 0.278. The van der Waals surface area contributed by atoms with Crippen molar-refractivity contribution in [2.24, 2.45) is 0 Å². The smallest absolute Gasteiger partial charge is 0.306 e. The van der Waals surface area contributed by atoms with Crippen molar-refractivity contribution in [1.82, 2.24) is 0 Å². The lowest BCUT2D eigenvalue weighted by atomic mass is 10.1. The van der Waals surface area contributed by atoms with Gasteiger partial charge >= 0.3 is 5.97 Å². The average molecular weight is 300 g/mol. The minimum atomic E-state index is -0.258. The molecule has 0 heterocycles. The minimum absolute atomic E-state index is 0.134. The lowest BCUT2D eigenvalue weighted by Gasteiger charge is -2.09. The van der Waals surface area contributed by atoms with E-state index in [9.17, 15) is 9.90 Å². The van der Waals surface area contributed by atoms with E-state index in [1.54, 1.807) is 25.1 Å². The van der Waals surface area contributed by atoms with Gasteiger partial charge in [0.05, 0.1) is 6.61 Å². The maximum absolute atomic E-state index is 11.3. The number of ether oxygens (including phenoxy) is 2. The summed E-state index contributed by atoms with van der Waals surface area (Å²) < 4.78 is 10.5. The van der Waals surface area contributed by atoms with Crippen LogP contribution < -0.4 is 4.74 Å². The first-order valence-corrected chi connectivity index (χ1v) is 7.33. The van der Waals surface area contributed by atoms with Crippen molar-refractivity contribution in [2.45, 2.75) is 26.4 Å². The van der Waals surface area contributed by atoms with Gasteiger partial charge in [-0.25, -0.2) is 0 Å². The standard InChI is InChI=1S/C18H20O4/c1-2-21-18(20)11-9-15-8-10-16(12-17(15)19)22-13-14-6-4-3-5-7-14/h3-8,10,12,19H,2,9,11,13H2,1H3. The number of benzene rings is 2. The van der Waals surface area contributed by atoms with Crippen LogP contribution in [0.5, 0.6) is 11.5 Å². The molecular weight excluding hydrogens is 280 g/mol. The van der Waals surface area contributed by atoms with Crippen LogP contribution in [0.1, 0.15) is 24.5 Å². The van der Waals surface area contributed by atoms with E-state index in [0.717, 1.165) is 5.56 Å². The summed E-state index contributed by atoms with van der Waals surface area (Å²) in [6.07, 6.45) is 0.704. The quantitative estimate of drug-likeness (QED) is 0.796. The van der Waals surface area contributed by atoms with Crippen LogP contribution in [0.15, 0.2) is 48.5 Å². The molecule has 4 heteroatoms. The first kappa shape index (κ1) is 15.9. The van der Waals surface area contributed by atoms with Gasteiger partial charge in [0.15, 0.2) is 0 Å². The second-order valence-electron chi connectivity index (χ2n) is 4.87. The molecule has 22 heavy (non-hydrogen) atoms. The highest BCUT2D eigenvalue weighted by atomic mass is 16.5. The Morgan fingerprint density at radius 2 is 1.91 bits per heavy atom. The molecular formula is C18H20O4. The Balaban J connectivity index is 1.90. The van der Waals surface area contributed by atoms with Gasteiger partial charge < -0.3 is 14.6 Å². The van der Waals surface area contributed by atoms with Crippen molar-refractivity contribution >= 4 is 5.97 Å². The zero-order chi connectivity index (χ0) is 15.8. The molecule has 2 aromatic rings. The van der Waals surface area contributed by atoms with Gasteiger partial charge in [0.25, 0.3) is 0 Å². The predicted molar refractivity (Wildman–Crippen MR) is 83.8 cm³/mol. The number of phenols is 1. The van der Waals surface area contributed by atoms with Crippen LogP contribution >= 0.6 is 0 Å². The molecule has 0 bridgehead atoms. The highest BCUT2D eigenvalue weighted by molar-refractivity contribution is 5.69. The summed E-state index contributed by atoms with van der Waals surface area (Å²) in [6, 6.07) is 15.0. The molecule has 0 fully saturated rings. The SMILES string of the molecule is CCOC(=O)CCc1ccc(OCc2ccccc2)cc1O. The molecule has 0 aliphatic heterocycles. The topological polar surface area (TPSA) is 55.8 Å². The first-order valence-electron chi connectivity index (χ1n) is 7.33. The zero-order valence-corrected chi connectivity index (χ0v) is 12.6. The summed E-state index contributed by atoms with van der Waals surface area (Å²) in [5.74, 6) is 0.474. The van der Waals surface area contributed by atoms with Gasteiger partial charge in [-0.1, -0.05) is 36.4 Å². The number of carbonyl (C=O) groups excluding carboxylic acids is 1. The molecule has 2 rings (SSSR count). The zero-order valence-electron chi connectivity index (χ0n) is 12.6. The Kier molecular flexibility index (Phi) is 5.83. The monoisotopic (exact) mass is 300 g/mol. The molecule has 1 N–H and O–H groups in total. The third-order valence-corrected chi connectivity index (χ3v) is 3.21. The normalized spacial score (nSPS) is 10.2. The minimum Gasteiger partial charge on any atom is -0.508 e. The van der Waals surface area contributed by atoms with E-state index in [1.807, 2.05) is 30.3 Å². The van der Waals surface area contributed by atoms with Gasteiger partial charge in [0.1, 0.15) is 18.1 Å². The molecule has 0 saturated carbocycles. The molecule has 4 nitrogen and oxygen atoms in total. The second kappa shape index (κ2) is 8.08. The summed E-state index contributed by atoms with van der Waals surface area (Å²) in [4.78, 5) is 11.3. The molecule has 0 radical (unpaired) electrons. The highest BCUT2D eigenvalue weighted by Crippen LogP contribution is 2.25. The number of aryl methyl sites for hydroxylation is 1. The molecule has 0 aliphatic carbocycles. The Labute approximate surface area is 130 Å².